The first-order chi connectivity index (χ1) is 9.88. The van der Waals surface area contributed by atoms with Crippen LogP contribution in [-0.2, 0) is 12.0 Å². The molecular weight excluding hydrogens is 264 g/mol. The summed E-state index contributed by atoms with van der Waals surface area (Å²) in [6.45, 7) is 6.64. The van der Waals surface area contributed by atoms with Gasteiger partial charge in [0, 0.05) is 23.2 Å². The SMILES string of the molecule is C#CCn1c(C(C)(C)C)nc(-c2ccc(OC)nc2)c1N. The zero-order valence-electron chi connectivity index (χ0n) is 12.8. The highest BCUT2D eigenvalue weighted by Gasteiger charge is 2.25. The first kappa shape index (κ1) is 14.9. The molecule has 5 nitrogen and oxygen atoms in total. The van der Waals surface area contributed by atoms with Crippen LogP contribution in [0.25, 0.3) is 11.3 Å². The maximum Gasteiger partial charge on any atom is 0.212 e. The van der Waals surface area contributed by atoms with Gasteiger partial charge in [-0.05, 0) is 6.07 Å². The molecule has 0 fully saturated rings. The molecule has 0 spiro atoms. The zero-order valence-corrected chi connectivity index (χ0v) is 12.8. The molecule has 0 aromatic carbocycles. The average Bonchev–Trinajstić information content (AvgIpc) is 2.77. The largest absolute Gasteiger partial charge is 0.481 e. The van der Waals surface area contributed by atoms with E-state index in [1.807, 2.05) is 10.6 Å². The Bertz CT molecular complexity index is 672. The second kappa shape index (κ2) is 5.49. The van der Waals surface area contributed by atoms with Gasteiger partial charge in [0.15, 0.2) is 0 Å². The third kappa shape index (κ3) is 2.84. The Balaban J connectivity index is 2.56. The number of pyridine rings is 1. The van der Waals surface area contributed by atoms with Crippen LogP contribution in [-0.4, -0.2) is 21.6 Å². The van der Waals surface area contributed by atoms with E-state index in [9.17, 15) is 0 Å². The summed E-state index contributed by atoms with van der Waals surface area (Å²) in [5.41, 5.74) is 7.63. The second-order valence-electron chi connectivity index (χ2n) is 5.80. The zero-order chi connectivity index (χ0) is 15.6. The standard InChI is InChI=1S/C16H20N4O/c1-6-9-20-14(17)13(19-15(20)16(2,3)4)11-7-8-12(21-5)18-10-11/h1,7-8,10H,9,17H2,2-5H3. The molecule has 0 aliphatic rings. The van der Waals surface area contributed by atoms with E-state index >= 15 is 0 Å². The molecule has 0 bridgehead atoms. The molecule has 0 saturated heterocycles. The summed E-state index contributed by atoms with van der Waals surface area (Å²) in [5, 5.41) is 0. The van der Waals surface area contributed by atoms with Crippen LogP contribution in [0.15, 0.2) is 18.3 Å². The van der Waals surface area contributed by atoms with Crippen molar-refractivity contribution < 1.29 is 4.74 Å². The van der Waals surface area contributed by atoms with Crippen molar-refractivity contribution >= 4 is 5.82 Å². The predicted octanol–water partition coefficient (Wildman–Crippen LogP) is 2.47. The minimum atomic E-state index is -0.150. The molecule has 2 rings (SSSR count). The van der Waals surface area contributed by atoms with Gasteiger partial charge in [0.25, 0.3) is 0 Å². The molecule has 0 amide bonds. The maximum atomic E-state index is 6.24. The highest BCUT2D eigenvalue weighted by molar-refractivity contribution is 5.71. The quantitative estimate of drug-likeness (QED) is 0.879. The van der Waals surface area contributed by atoms with Gasteiger partial charge in [0.05, 0.1) is 13.7 Å². The van der Waals surface area contributed by atoms with Crippen molar-refractivity contribution in [1.29, 1.82) is 0 Å². The number of imidazole rings is 1. The molecule has 5 heteroatoms. The van der Waals surface area contributed by atoms with E-state index in [2.05, 4.69) is 36.7 Å². The fourth-order valence-corrected chi connectivity index (χ4v) is 2.14. The Morgan fingerprint density at radius 3 is 2.57 bits per heavy atom. The summed E-state index contributed by atoms with van der Waals surface area (Å²) in [7, 11) is 1.58. The fourth-order valence-electron chi connectivity index (χ4n) is 2.14. The summed E-state index contributed by atoms with van der Waals surface area (Å²) in [4.78, 5) is 8.88. The number of nitrogen functional groups attached to an aromatic ring is 1. The van der Waals surface area contributed by atoms with E-state index in [0.717, 1.165) is 11.4 Å². The monoisotopic (exact) mass is 284 g/mol. The number of ether oxygens (including phenoxy) is 1. The number of hydrogen-bond donors (Lipinski definition) is 1. The Morgan fingerprint density at radius 1 is 1.38 bits per heavy atom. The normalized spacial score (nSPS) is 11.2. The van der Waals surface area contributed by atoms with Gasteiger partial charge in [-0.15, -0.1) is 6.42 Å². The molecule has 0 unspecified atom stereocenters. The molecule has 2 N–H and O–H groups in total. The van der Waals surface area contributed by atoms with E-state index in [0.29, 0.717) is 23.9 Å². The molecule has 21 heavy (non-hydrogen) atoms. The van der Waals surface area contributed by atoms with Gasteiger partial charge in [-0.1, -0.05) is 26.7 Å². The fraction of sp³-hybridized carbons (Fsp3) is 0.375. The number of nitrogens with zero attached hydrogens (tertiary/aromatic N) is 3. The van der Waals surface area contributed by atoms with Gasteiger partial charge in [0.2, 0.25) is 5.88 Å². The molecule has 0 aliphatic heterocycles. The maximum absolute atomic E-state index is 6.24. The van der Waals surface area contributed by atoms with E-state index in [4.69, 9.17) is 16.9 Å². The molecular formula is C16H20N4O. The summed E-state index contributed by atoms with van der Waals surface area (Å²) in [5.74, 6) is 4.60. The van der Waals surface area contributed by atoms with Crippen LogP contribution in [0, 0.1) is 12.3 Å². The highest BCUT2D eigenvalue weighted by Crippen LogP contribution is 2.31. The molecule has 0 atom stereocenters. The summed E-state index contributed by atoms with van der Waals surface area (Å²) in [6.07, 6.45) is 7.14. The number of rotatable bonds is 3. The van der Waals surface area contributed by atoms with Crippen molar-refractivity contribution in [3.8, 4) is 29.5 Å². The number of hydrogen-bond acceptors (Lipinski definition) is 4. The molecule has 2 aromatic rings. The van der Waals surface area contributed by atoms with Gasteiger partial charge in [0.1, 0.15) is 17.3 Å². The van der Waals surface area contributed by atoms with Gasteiger partial charge in [-0.2, -0.15) is 0 Å². The van der Waals surface area contributed by atoms with Crippen LogP contribution >= 0.6 is 0 Å². The van der Waals surface area contributed by atoms with E-state index in [1.165, 1.54) is 0 Å². The van der Waals surface area contributed by atoms with Crippen LogP contribution in [0.5, 0.6) is 5.88 Å². The van der Waals surface area contributed by atoms with E-state index < -0.39 is 0 Å². The number of terminal acetylenes is 1. The molecule has 2 heterocycles. The number of methoxy groups -OCH3 is 1. The van der Waals surface area contributed by atoms with Crippen LogP contribution in [0.1, 0.15) is 26.6 Å². The Hall–Kier alpha value is -2.48. The summed E-state index contributed by atoms with van der Waals surface area (Å²) < 4.78 is 6.94. The van der Waals surface area contributed by atoms with Crippen LogP contribution in [0.2, 0.25) is 0 Å². The molecule has 0 saturated carbocycles. The van der Waals surface area contributed by atoms with Gasteiger partial charge < -0.3 is 15.0 Å². The van der Waals surface area contributed by atoms with Crippen molar-refractivity contribution in [2.24, 2.45) is 0 Å². The van der Waals surface area contributed by atoms with Gasteiger partial charge in [-0.25, -0.2) is 9.97 Å². The second-order valence-corrected chi connectivity index (χ2v) is 5.80. The van der Waals surface area contributed by atoms with Crippen molar-refractivity contribution in [3.05, 3.63) is 24.2 Å². The number of aromatic nitrogens is 3. The van der Waals surface area contributed by atoms with E-state index in [-0.39, 0.29) is 5.41 Å². The van der Waals surface area contributed by atoms with Crippen LogP contribution in [0.4, 0.5) is 5.82 Å². The van der Waals surface area contributed by atoms with Gasteiger partial charge in [-0.3, -0.25) is 0 Å². The number of anilines is 1. The lowest BCUT2D eigenvalue weighted by Gasteiger charge is -2.18. The van der Waals surface area contributed by atoms with Crippen molar-refractivity contribution in [2.45, 2.75) is 32.7 Å². The minimum Gasteiger partial charge on any atom is -0.481 e. The summed E-state index contributed by atoms with van der Waals surface area (Å²) in [6, 6.07) is 3.67. The molecule has 110 valence electrons. The first-order valence-corrected chi connectivity index (χ1v) is 6.69. The lowest BCUT2D eigenvalue weighted by Crippen LogP contribution is -2.19. The van der Waals surface area contributed by atoms with Crippen LogP contribution in [0.3, 0.4) is 0 Å². The lowest BCUT2D eigenvalue weighted by molar-refractivity contribution is 0.398. The third-order valence-corrected chi connectivity index (χ3v) is 3.15. The molecule has 0 radical (unpaired) electrons. The van der Waals surface area contributed by atoms with Crippen LogP contribution < -0.4 is 10.5 Å². The predicted molar refractivity (Wildman–Crippen MR) is 84.0 cm³/mol. The highest BCUT2D eigenvalue weighted by atomic mass is 16.5. The Labute approximate surface area is 125 Å². The first-order valence-electron chi connectivity index (χ1n) is 6.69. The third-order valence-electron chi connectivity index (χ3n) is 3.15. The topological polar surface area (TPSA) is 66.0 Å². The van der Waals surface area contributed by atoms with Gasteiger partial charge >= 0.3 is 0 Å². The Morgan fingerprint density at radius 2 is 2.10 bits per heavy atom. The minimum absolute atomic E-state index is 0.150. The average molecular weight is 284 g/mol. The Kier molecular flexibility index (Phi) is 3.90. The number of nitrogens with two attached hydrogens (primary N) is 1. The van der Waals surface area contributed by atoms with E-state index in [1.54, 1.807) is 19.4 Å². The smallest absolute Gasteiger partial charge is 0.212 e. The van der Waals surface area contributed by atoms with Crippen molar-refractivity contribution in [2.75, 3.05) is 12.8 Å². The van der Waals surface area contributed by atoms with Crippen molar-refractivity contribution in [3.63, 3.8) is 0 Å². The van der Waals surface area contributed by atoms with Crippen molar-refractivity contribution in [1.82, 2.24) is 14.5 Å². The molecule has 2 aromatic heterocycles. The lowest BCUT2D eigenvalue weighted by atomic mass is 9.95. The summed E-state index contributed by atoms with van der Waals surface area (Å²) >= 11 is 0. The molecule has 0 aliphatic carbocycles.